The number of hydrogen-bond donors (Lipinski definition) is 1. The molecule has 4 rings (SSSR count). The highest BCUT2D eigenvalue weighted by Crippen LogP contribution is 2.44. The van der Waals surface area contributed by atoms with Crippen molar-refractivity contribution in [2.75, 3.05) is 19.8 Å². The second kappa shape index (κ2) is 7.14. The molecule has 0 aliphatic carbocycles. The molecule has 2 aliphatic rings. The van der Waals surface area contributed by atoms with Crippen molar-refractivity contribution in [2.45, 2.75) is 57.8 Å². The molecule has 1 saturated heterocycles. The van der Waals surface area contributed by atoms with E-state index >= 15 is 0 Å². The van der Waals surface area contributed by atoms with Crippen molar-refractivity contribution >= 4 is 0 Å². The van der Waals surface area contributed by atoms with Crippen LogP contribution < -0.4 is 0 Å². The summed E-state index contributed by atoms with van der Waals surface area (Å²) in [5.74, 6) is 0. The Morgan fingerprint density at radius 2 is 2.27 bits per heavy atom. The molecule has 140 valence electrons. The maximum absolute atomic E-state index is 9.05. The number of aromatic nitrogens is 2. The molecular weight excluding hydrogens is 326 g/mol. The van der Waals surface area contributed by atoms with Crippen molar-refractivity contribution in [1.29, 1.82) is 0 Å². The molecule has 0 unspecified atom stereocenters. The Morgan fingerprint density at radius 1 is 1.38 bits per heavy atom. The van der Waals surface area contributed by atoms with E-state index in [0.717, 1.165) is 39.0 Å². The molecule has 26 heavy (non-hydrogen) atoms. The Bertz CT molecular complexity index is 772. The van der Waals surface area contributed by atoms with Gasteiger partial charge < -0.3 is 9.84 Å². The zero-order valence-corrected chi connectivity index (χ0v) is 15.8. The highest BCUT2D eigenvalue weighted by molar-refractivity contribution is 5.38. The Balaban J connectivity index is 1.49. The molecule has 1 spiro atoms. The molecule has 3 heterocycles. The first-order chi connectivity index (χ1) is 12.6. The van der Waals surface area contributed by atoms with Gasteiger partial charge in [0.25, 0.3) is 0 Å². The van der Waals surface area contributed by atoms with Gasteiger partial charge >= 0.3 is 0 Å². The molecule has 2 aliphatic heterocycles. The number of ether oxygens (including phenoxy) is 1. The first-order valence-electron chi connectivity index (χ1n) is 9.70. The van der Waals surface area contributed by atoms with Gasteiger partial charge in [-0.15, -0.1) is 0 Å². The van der Waals surface area contributed by atoms with Gasteiger partial charge in [0, 0.05) is 30.9 Å². The van der Waals surface area contributed by atoms with E-state index in [4.69, 9.17) is 9.84 Å². The number of aliphatic hydroxyl groups excluding tert-OH is 1. The van der Waals surface area contributed by atoms with Gasteiger partial charge in [-0.3, -0.25) is 9.58 Å². The molecule has 0 amide bonds. The predicted molar refractivity (Wildman–Crippen MR) is 101 cm³/mol. The summed E-state index contributed by atoms with van der Waals surface area (Å²) >= 11 is 0. The Hall–Kier alpha value is -1.69. The molecule has 1 fully saturated rings. The van der Waals surface area contributed by atoms with Gasteiger partial charge in [0.2, 0.25) is 0 Å². The van der Waals surface area contributed by atoms with Gasteiger partial charge in [-0.2, -0.15) is 5.10 Å². The number of aliphatic hydroxyl groups is 1. The second-order valence-corrected chi connectivity index (χ2v) is 7.86. The number of fused-ring (bicyclic) bond motifs is 2. The van der Waals surface area contributed by atoms with Gasteiger partial charge in [-0.1, -0.05) is 23.8 Å². The number of nitrogens with zero attached hydrogens (tertiary/aromatic N) is 3. The second-order valence-electron chi connectivity index (χ2n) is 7.86. The van der Waals surface area contributed by atoms with E-state index in [2.05, 4.69) is 42.0 Å². The molecule has 1 aromatic heterocycles. The fourth-order valence-electron chi connectivity index (χ4n) is 4.58. The predicted octanol–water partition coefficient (Wildman–Crippen LogP) is 2.64. The monoisotopic (exact) mass is 355 g/mol. The Morgan fingerprint density at radius 3 is 3.08 bits per heavy atom. The van der Waals surface area contributed by atoms with Crippen LogP contribution in [-0.4, -0.2) is 45.6 Å². The number of rotatable bonds is 4. The lowest BCUT2D eigenvalue weighted by Gasteiger charge is -2.48. The molecule has 0 radical (unpaired) electrons. The van der Waals surface area contributed by atoms with E-state index in [-0.39, 0.29) is 12.2 Å². The molecule has 0 saturated carbocycles. The van der Waals surface area contributed by atoms with Crippen LogP contribution in [0.25, 0.3) is 0 Å². The summed E-state index contributed by atoms with van der Waals surface area (Å²) in [6.45, 7) is 7.93. The fourth-order valence-corrected chi connectivity index (χ4v) is 4.58. The maximum Gasteiger partial charge on any atom is 0.0961 e. The molecule has 1 N–H and O–H groups in total. The average Bonchev–Trinajstić information content (AvgIpc) is 3.06. The largest absolute Gasteiger partial charge is 0.394 e. The molecule has 1 aromatic carbocycles. The molecule has 5 heteroatoms. The van der Waals surface area contributed by atoms with E-state index in [0.29, 0.717) is 12.6 Å². The fraction of sp³-hybridized carbons (Fsp3) is 0.571. The van der Waals surface area contributed by atoms with Crippen molar-refractivity contribution in [1.82, 2.24) is 14.7 Å². The summed E-state index contributed by atoms with van der Waals surface area (Å²) in [5.41, 5.74) is 5.30. The van der Waals surface area contributed by atoms with Gasteiger partial charge in [0.15, 0.2) is 0 Å². The van der Waals surface area contributed by atoms with E-state index in [1.54, 1.807) is 0 Å². The van der Waals surface area contributed by atoms with Crippen molar-refractivity contribution < 1.29 is 9.84 Å². The van der Waals surface area contributed by atoms with Crippen LogP contribution in [0.1, 0.15) is 42.0 Å². The maximum atomic E-state index is 9.05. The molecule has 2 aromatic rings. The van der Waals surface area contributed by atoms with E-state index in [1.807, 2.05) is 17.1 Å². The van der Waals surface area contributed by atoms with Crippen LogP contribution in [-0.2, 0) is 29.8 Å². The summed E-state index contributed by atoms with van der Waals surface area (Å²) in [6, 6.07) is 7.31. The molecule has 5 nitrogen and oxygen atoms in total. The van der Waals surface area contributed by atoms with Crippen molar-refractivity contribution in [2.24, 2.45) is 0 Å². The lowest BCUT2D eigenvalue weighted by molar-refractivity contribution is -0.113. The number of hydrogen-bond acceptors (Lipinski definition) is 4. The summed E-state index contributed by atoms with van der Waals surface area (Å²) < 4.78 is 8.24. The van der Waals surface area contributed by atoms with E-state index in [1.165, 1.54) is 22.3 Å². The van der Waals surface area contributed by atoms with Crippen LogP contribution in [0, 0.1) is 6.92 Å². The molecule has 0 bridgehead atoms. The van der Waals surface area contributed by atoms with Crippen molar-refractivity contribution in [3.8, 4) is 0 Å². The van der Waals surface area contributed by atoms with E-state index in [9.17, 15) is 0 Å². The third-order valence-electron chi connectivity index (χ3n) is 5.96. The van der Waals surface area contributed by atoms with Crippen LogP contribution in [0.2, 0.25) is 0 Å². The Kier molecular flexibility index (Phi) is 4.86. The third-order valence-corrected chi connectivity index (χ3v) is 5.96. The highest BCUT2D eigenvalue weighted by Gasteiger charge is 2.43. The molecule has 2 atom stereocenters. The van der Waals surface area contributed by atoms with Crippen LogP contribution in [0.4, 0.5) is 0 Å². The van der Waals surface area contributed by atoms with Crippen LogP contribution in [0.15, 0.2) is 30.6 Å². The quantitative estimate of drug-likeness (QED) is 0.916. The van der Waals surface area contributed by atoms with Gasteiger partial charge in [-0.25, -0.2) is 0 Å². The first-order valence-corrected chi connectivity index (χ1v) is 9.70. The number of benzene rings is 1. The lowest BCUT2D eigenvalue weighted by Crippen LogP contribution is -2.50. The summed E-state index contributed by atoms with van der Waals surface area (Å²) in [4.78, 5) is 2.53. The zero-order valence-electron chi connectivity index (χ0n) is 15.8. The van der Waals surface area contributed by atoms with Gasteiger partial charge in [0.1, 0.15) is 0 Å². The van der Waals surface area contributed by atoms with Crippen molar-refractivity contribution in [3.63, 3.8) is 0 Å². The minimum Gasteiger partial charge on any atom is -0.394 e. The highest BCUT2D eigenvalue weighted by atomic mass is 16.5. The SMILES string of the molecule is Cc1ccc2c(c1)[C@@]1(CCN(Cc3cnn(CCO)c3)[C@@H](C)C1)OCC2. The zero-order chi connectivity index (χ0) is 18.1. The smallest absolute Gasteiger partial charge is 0.0961 e. The number of piperidine rings is 1. The van der Waals surface area contributed by atoms with E-state index < -0.39 is 0 Å². The van der Waals surface area contributed by atoms with Gasteiger partial charge in [-0.05, 0) is 44.2 Å². The summed E-state index contributed by atoms with van der Waals surface area (Å²) in [6.07, 6.45) is 7.07. The average molecular weight is 355 g/mol. The number of aryl methyl sites for hydroxylation is 1. The Labute approximate surface area is 155 Å². The van der Waals surface area contributed by atoms with Gasteiger partial charge in [0.05, 0.1) is 31.6 Å². The standard InChI is InChI=1S/C21H29N3O2/c1-16-3-4-19-5-10-26-21(20(19)11-16)6-7-23(17(2)12-21)14-18-13-22-24(15-18)8-9-25/h3-4,11,13,15,17,25H,5-10,12,14H2,1-2H3/t17-,21-/m0/s1. The summed E-state index contributed by atoms with van der Waals surface area (Å²) in [5, 5.41) is 13.4. The minimum absolute atomic E-state index is 0.114. The van der Waals surface area contributed by atoms with Crippen LogP contribution >= 0.6 is 0 Å². The summed E-state index contributed by atoms with van der Waals surface area (Å²) in [7, 11) is 0. The van der Waals surface area contributed by atoms with Crippen LogP contribution in [0.3, 0.4) is 0 Å². The van der Waals surface area contributed by atoms with Crippen molar-refractivity contribution in [3.05, 3.63) is 52.8 Å². The van der Waals surface area contributed by atoms with Crippen LogP contribution in [0.5, 0.6) is 0 Å². The molecular formula is C21H29N3O2. The first kappa shape index (κ1) is 17.7. The minimum atomic E-state index is -0.114. The normalized spacial score (nSPS) is 26.2. The third kappa shape index (κ3) is 3.31. The topological polar surface area (TPSA) is 50.5 Å². The lowest BCUT2D eigenvalue weighted by atomic mass is 9.76. The number of likely N-dealkylation sites (tertiary alicyclic amines) is 1.